The van der Waals surface area contributed by atoms with Crippen molar-refractivity contribution in [3.63, 3.8) is 0 Å². The molecule has 0 amide bonds. The summed E-state index contributed by atoms with van der Waals surface area (Å²) in [6.07, 6.45) is 20.9. The minimum absolute atomic E-state index is 0.0291. The highest BCUT2D eigenvalue weighted by Gasteiger charge is 2.71. The molecule has 2 spiro atoms. The number of rotatable bonds is 1. The SMILES string of the molecule is Oc1ccc2[nH]c3c(C4=C[C@@]5(O)CC/C=C\CCCCN6CC[C@@H]4[C@@]4(C6)C[C@@]67CC[C@@H](CCCN6C45)O7)nccc3c2c1. The molecule has 5 aliphatic heterocycles. The van der Waals surface area contributed by atoms with Gasteiger partial charge in [0.2, 0.25) is 0 Å². The first kappa shape index (κ1) is 26.7. The monoisotopic (exact) mass is 580 g/mol. The van der Waals surface area contributed by atoms with Crippen LogP contribution in [0.25, 0.3) is 27.4 Å². The molecule has 2 unspecified atom stereocenters. The van der Waals surface area contributed by atoms with Crippen LogP contribution in [0, 0.1) is 11.3 Å². The average molecular weight is 581 g/mol. The van der Waals surface area contributed by atoms with E-state index in [1.54, 1.807) is 6.07 Å². The molecule has 4 fully saturated rings. The van der Waals surface area contributed by atoms with Gasteiger partial charge in [-0.25, -0.2) is 0 Å². The standard InChI is InChI=1S/C36H44N4O3/c41-24-9-10-30-27(20-24)26-12-16-37-31(32(26)38-30)28-21-35(42)14-5-3-1-2-4-6-17-39-19-13-29(28)34(23-39)22-36-15-11-25(43-36)8-7-18-40(36)33(34)35/h1,3,9-10,12,16,20-21,25,29,33,38,41-42H,2,4-8,11,13-15,17-19,22-23H2/b3-1-/t25-,29+,33?,34+,35+,36+/m1/s1. The van der Waals surface area contributed by atoms with E-state index < -0.39 is 5.60 Å². The zero-order valence-corrected chi connectivity index (χ0v) is 25.1. The van der Waals surface area contributed by atoms with Crippen LogP contribution in [-0.4, -0.2) is 79.6 Å². The molecule has 2 aromatic heterocycles. The van der Waals surface area contributed by atoms with E-state index in [1.165, 1.54) is 18.4 Å². The molecule has 7 heteroatoms. The van der Waals surface area contributed by atoms with E-state index in [4.69, 9.17) is 9.72 Å². The Morgan fingerprint density at radius 2 is 1.88 bits per heavy atom. The quantitative estimate of drug-likeness (QED) is 0.301. The van der Waals surface area contributed by atoms with E-state index in [1.807, 2.05) is 18.3 Å². The second-order valence-electron chi connectivity index (χ2n) is 14.5. The summed E-state index contributed by atoms with van der Waals surface area (Å²) in [4.78, 5) is 14.2. The normalized spacial score (nSPS) is 40.3. The number of hydrogen-bond acceptors (Lipinski definition) is 6. The predicted octanol–water partition coefficient (Wildman–Crippen LogP) is 6.12. The van der Waals surface area contributed by atoms with Crippen molar-refractivity contribution in [3.05, 3.63) is 54.4 Å². The van der Waals surface area contributed by atoms with E-state index in [0.717, 1.165) is 105 Å². The fourth-order valence-electron chi connectivity index (χ4n) is 10.6. The van der Waals surface area contributed by atoms with Crippen LogP contribution in [0.15, 0.2) is 48.7 Å². The Morgan fingerprint density at radius 3 is 2.84 bits per heavy atom. The van der Waals surface area contributed by atoms with Crippen molar-refractivity contribution in [2.24, 2.45) is 11.3 Å². The fourth-order valence-corrected chi connectivity index (χ4v) is 10.6. The molecular weight excluding hydrogens is 536 g/mol. The molecule has 4 saturated heterocycles. The molecule has 3 aromatic rings. The van der Waals surface area contributed by atoms with Crippen LogP contribution in [0.4, 0.5) is 0 Å². The summed E-state index contributed by atoms with van der Waals surface area (Å²) in [5.74, 6) is 0.557. The summed E-state index contributed by atoms with van der Waals surface area (Å²) >= 11 is 0. The summed E-state index contributed by atoms with van der Waals surface area (Å²) in [6.45, 7) is 4.23. The summed E-state index contributed by atoms with van der Waals surface area (Å²) in [7, 11) is 0. The zero-order valence-electron chi connectivity index (χ0n) is 25.1. The number of hydrogen-bond donors (Lipinski definition) is 3. The lowest BCUT2D eigenvalue weighted by molar-refractivity contribution is -0.145. The number of piperidine rings is 1. The molecule has 0 radical (unpaired) electrons. The smallest absolute Gasteiger partial charge is 0.123 e. The van der Waals surface area contributed by atoms with Crippen LogP contribution < -0.4 is 0 Å². The Hall–Kier alpha value is -2.71. The largest absolute Gasteiger partial charge is 0.508 e. The number of nitrogens with zero attached hydrogens (tertiary/aromatic N) is 3. The molecule has 3 N–H and O–H groups in total. The van der Waals surface area contributed by atoms with Crippen molar-refractivity contribution in [2.45, 2.75) is 94.1 Å². The zero-order chi connectivity index (χ0) is 28.8. The third kappa shape index (κ3) is 3.90. The number of phenolic OH excluding ortho intramolecular Hbond substituents is 1. The highest BCUT2D eigenvalue weighted by atomic mass is 16.5. The van der Waals surface area contributed by atoms with Crippen molar-refractivity contribution in [3.8, 4) is 5.75 Å². The first-order valence-electron chi connectivity index (χ1n) is 16.8. The molecule has 7 heterocycles. The van der Waals surface area contributed by atoms with Crippen molar-refractivity contribution in [2.75, 3.05) is 26.2 Å². The molecule has 226 valence electrons. The minimum Gasteiger partial charge on any atom is -0.508 e. The highest BCUT2D eigenvalue weighted by Crippen LogP contribution is 2.66. The highest BCUT2D eigenvalue weighted by molar-refractivity contribution is 6.10. The van der Waals surface area contributed by atoms with Gasteiger partial charge in [-0.2, -0.15) is 0 Å². The van der Waals surface area contributed by atoms with Gasteiger partial charge >= 0.3 is 0 Å². The number of phenols is 1. The molecule has 0 saturated carbocycles. The maximum atomic E-state index is 13.2. The summed E-state index contributed by atoms with van der Waals surface area (Å²) in [5.41, 5.74) is 2.81. The van der Waals surface area contributed by atoms with Gasteiger partial charge < -0.3 is 24.8 Å². The molecule has 7 atom stereocenters. The van der Waals surface area contributed by atoms with Gasteiger partial charge in [-0.05, 0) is 126 Å². The van der Waals surface area contributed by atoms with Crippen LogP contribution in [0.3, 0.4) is 0 Å². The third-order valence-electron chi connectivity index (χ3n) is 12.1. The van der Waals surface area contributed by atoms with Crippen LogP contribution in [0.2, 0.25) is 0 Å². The number of aliphatic hydroxyl groups is 1. The maximum absolute atomic E-state index is 13.2. The van der Waals surface area contributed by atoms with Crippen LogP contribution >= 0.6 is 0 Å². The van der Waals surface area contributed by atoms with Crippen molar-refractivity contribution < 1.29 is 14.9 Å². The second-order valence-corrected chi connectivity index (χ2v) is 14.5. The van der Waals surface area contributed by atoms with Gasteiger partial charge in [0, 0.05) is 41.0 Å². The molecule has 5 bridgehead atoms. The number of H-pyrrole nitrogens is 1. The Kier molecular flexibility index (Phi) is 5.98. The number of benzene rings is 1. The van der Waals surface area contributed by atoms with E-state index in [0.29, 0.717) is 12.5 Å². The average Bonchev–Trinajstić information content (AvgIpc) is 3.61. The molecule has 43 heavy (non-hydrogen) atoms. The number of aromatic nitrogens is 2. The molecule has 1 aromatic carbocycles. The first-order chi connectivity index (χ1) is 21.0. The first-order valence-corrected chi connectivity index (χ1v) is 16.8. The van der Waals surface area contributed by atoms with Crippen molar-refractivity contribution in [1.82, 2.24) is 19.8 Å². The van der Waals surface area contributed by atoms with Gasteiger partial charge in [-0.1, -0.05) is 12.2 Å². The van der Waals surface area contributed by atoms with Gasteiger partial charge in [0.05, 0.1) is 29.0 Å². The van der Waals surface area contributed by atoms with Crippen LogP contribution in [0.1, 0.15) is 76.3 Å². The lowest BCUT2D eigenvalue weighted by Crippen LogP contribution is -2.66. The fraction of sp³-hybridized carbons (Fsp3) is 0.583. The Labute approximate surface area is 253 Å². The van der Waals surface area contributed by atoms with Gasteiger partial charge in [-0.3, -0.25) is 9.88 Å². The molecule has 1 aliphatic carbocycles. The van der Waals surface area contributed by atoms with Gasteiger partial charge in [0.25, 0.3) is 0 Å². The van der Waals surface area contributed by atoms with Gasteiger partial charge in [0.1, 0.15) is 11.5 Å². The summed E-state index contributed by atoms with van der Waals surface area (Å²) in [5, 5.41) is 25.6. The Balaban J connectivity index is 1.27. The third-order valence-corrected chi connectivity index (χ3v) is 12.1. The van der Waals surface area contributed by atoms with Crippen LogP contribution in [-0.2, 0) is 4.74 Å². The van der Waals surface area contributed by atoms with E-state index in [9.17, 15) is 10.2 Å². The summed E-state index contributed by atoms with van der Waals surface area (Å²) in [6, 6.07) is 7.62. The lowest BCUT2D eigenvalue weighted by Gasteiger charge is -2.58. The van der Waals surface area contributed by atoms with E-state index in [2.05, 4.69) is 39.1 Å². The van der Waals surface area contributed by atoms with Gasteiger partial charge in [-0.15, -0.1) is 0 Å². The van der Waals surface area contributed by atoms with E-state index >= 15 is 0 Å². The second kappa shape index (κ2) is 9.64. The lowest BCUT2D eigenvalue weighted by atomic mass is 9.54. The molecule has 6 aliphatic rings. The summed E-state index contributed by atoms with van der Waals surface area (Å²) < 4.78 is 7.07. The number of aromatic hydroxyl groups is 1. The van der Waals surface area contributed by atoms with Gasteiger partial charge in [0.15, 0.2) is 0 Å². The van der Waals surface area contributed by atoms with E-state index in [-0.39, 0.29) is 28.8 Å². The number of pyridine rings is 1. The Morgan fingerprint density at radius 1 is 0.953 bits per heavy atom. The van der Waals surface area contributed by atoms with Crippen molar-refractivity contribution in [1.29, 1.82) is 0 Å². The molecule has 7 nitrogen and oxygen atoms in total. The van der Waals surface area contributed by atoms with Crippen LogP contribution in [0.5, 0.6) is 5.75 Å². The van der Waals surface area contributed by atoms with Crippen molar-refractivity contribution >= 4 is 27.4 Å². The predicted molar refractivity (Wildman–Crippen MR) is 169 cm³/mol. The Bertz CT molecular complexity index is 1650. The number of allylic oxidation sites excluding steroid dienone is 3. The molecule has 9 rings (SSSR count). The number of nitrogens with one attached hydrogen (secondary N) is 1. The maximum Gasteiger partial charge on any atom is 0.123 e. The minimum atomic E-state index is -0.989. The number of fused-ring (bicyclic) bond motifs is 5. The number of aromatic amines is 1. The topological polar surface area (TPSA) is 84.9 Å². The molecular formula is C36H44N4O3. The number of ether oxygens (including phenoxy) is 1.